The Kier molecular flexibility index (Phi) is 4.94. The quantitative estimate of drug-likeness (QED) is 0.657. The number of ether oxygens (including phenoxy) is 1. The molecule has 0 spiro atoms. The van der Waals surface area contributed by atoms with Gasteiger partial charge >= 0.3 is 6.09 Å². The molecule has 0 bridgehead atoms. The molecule has 1 aromatic rings. The Labute approximate surface area is 130 Å². The van der Waals surface area contributed by atoms with Crippen molar-refractivity contribution < 1.29 is 14.6 Å². The maximum Gasteiger partial charge on any atom is 0.416 e. The number of carbonyl (C=O) groups is 1. The van der Waals surface area contributed by atoms with Crippen molar-refractivity contribution in [2.45, 2.75) is 37.1 Å². The number of hydrogen-bond donors (Lipinski definition) is 1. The lowest BCUT2D eigenvalue weighted by Crippen LogP contribution is -2.61. The van der Waals surface area contributed by atoms with E-state index < -0.39 is 22.4 Å². The molecule has 1 N–H and O–H groups in total. The lowest BCUT2D eigenvalue weighted by molar-refractivity contribution is 0.0408. The normalized spacial score (nSPS) is 15.0. The summed E-state index contributed by atoms with van der Waals surface area (Å²) in [6, 6.07) is 8.09. The molecule has 0 aliphatic heterocycles. The smallest absolute Gasteiger partial charge is 0.416 e. The molecule has 0 saturated carbocycles. The van der Waals surface area contributed by atoms with Crippen LogP contribution in [0.3, 0.4) is 0 Å². The van der Waals surface area contributed by atoms with Gasteiger partial charge in [-0.25, -0.2) is 4.79 Å². The van der Waals surface area contributed by atoms with Gasteiger partial charge in [-0.2, -0.15) is 0 Å². The van der Waals surface area contributed by atoms with E-state index in [4.69, 9.17) is 36.1 Å². The van der Waals surface area contributed by atoms with Gasteiger partial charge in [0.05, 0.1) is 29.2 Å². The predicted octanol–water partition coefficient (Wildman–Crippen LogP) is 0.822. The number of para-hydroxylation sites is 1. The molecular weight excluding hydrogens is 261 g/mol. The van der Waals surface area contributed by atoms with Gasteiger partial charge in [-0.05, 0) is 32.9 Å². The Bertz CT molecular complexity index is 494. The SMILES string of the molecule is [B]C([B])([B])C([B])(O)N(C(=O)OC(C)(C)C)c1ccccc1. The lowest BCUT2D eigenvalue weighted by atomic mass is 9.34. The molecular formula is C13H15B4NO3. The Morgan fingerprint density at radius 1 is 1.10 bits per heavy atom. The highest BCUT2D eigenvalue weighted by Crippen LogP contribution is 2.34. The van der Waals surface area contributed by atoms with Crippen LogP contribution in [0.1, 0.15) is 20.8 Å². The molecule has 1 atom stereocenters. The first-order chi connectivity index (χ1) is 9.36. The molecule has 4 nitrogen and oxygen atoms in total. The third-order valence-corrected chi connectivity index (χ3v) is 2.57. The van der Waals surface area contributed by atoms with Crippen LogP contribution in [-0.2, 0) is 4.74 Å². The summed E-state index contributed by atoms with van der Waals surface area (Å²) >= 11 is 0. The number of hydrogen-bond acceptors (Lipinski definition) is 3. The van der Waals surface area contributed by atoms with Crippen molar-refractivity contribution in [3.05, 3.63) is 30.3 Å². The van der Waals surface area contributed by atoms with Crippen LogP contribution in [0, 0.1) is 0 Å². The average molecular weight is 277 g/mol. The molecule has 8 heteroatoms. The molecule has 1 aromatic carbocycles. The first kappa shape index (κ1) is 17.8. The Hall–Kier alpha value is -1.29. The van der Waals surface area contributed by atoms with Gasteiger partial charge in [0, 0.05) is 5.69 Å². The van der Waals surface area contributed by atoms with Crippen LogP contribution in [0.5, 0.6) is 0 Å². The number of anilines is 1. The molecule has 21 heavy (non-hydrogen) atoms. The highest BCUT2D eigenvalue weighted by molar-refractivity contribution is 6.62. The minimum Gasteiger partial charge on any atom is -0.443 e. The summed E-state index contributed by atoms with van der Waals surface area (Å²) in [5.74, 6) is 0. The van der Waals surface area contributed by atoms with Gasteiger partial charge in [0.25, 0.3) is 0 Å². The zero-order valence-corrected chi connectivity index (χ0v) is 12.4. The topological polar surface area (TPSA) is 49.8 Å². The van der Waals surface area contributed by atoms with Crippen LogP contribution in [-0.4, -0.2) is 53.8 Å². The second-order valence-electron chi connectivity index (χ2n) is 5.81. The third-order valence-electron chi connectivity index (χ3n) is 2.57. The highest BCUT2D eigenvalue weighted by Gasteiger charge is 2.43. The first-order valence-corrected chi connectivity index (χ1v) is 6.32. The van der Waals surface area contributed by atoms with Crippen molar-refractivity contribution in [1.29, 1.82) is 0 Å². The van der Waals surface area contributed by atoms with Gasteiger partial charge in [-0.1, -0.05) is 23.3 Å². The number of amides is 1. The van der Waals surface area contributed by atoms with Crippen molar-refractivity contribution in [3.63, 3.8) is 0 Å². The van der Waals surface area contributed by atoms with Crippen LogP contribution in [0.15, 0.2) is 30.3 Å². The predicted molar refractivity (Wildman–Crippen MR) is 85.8 cm³/mol. The van der Waals surface area contributed by atoms with Crippen molar-refractivity contribution in [3.8, 4) is 0 Å². The summed E-state index contributed by atoms with van der Waals surface area (Å²) in [5.41, 5.74) is -3.13. The largest absolute Gasteiger partial charge is 0.443 e. The Balaban J connectivity index is 3.29. The Morgan fingerprint density at radius 2 is 1.57 bits per heavy atom. The average Bonchev–Trinajstić information content (AvgIpc) is 2.25. The number of carbonyl (C=O) groups excluding carboxylic acids is 1. The van der Waals surface area contributed by atoms with Gasteiger partial charge < -0.3 is 9.84 Å². The molecule has 102 valence electrons. The summed E-state index contributed by atoms with van der Waals surface area (Å²) in [5, 5.41) is 8.10. The molecule has 0 aliphatic carbocycles. The summed E-state index contributed by atoms with van der Waals surface area (Å²) in [4.78, 5) is 13.1. The second-order valence-corrected chi connectivity index (χ2v) is 5.81. The maximum atomic E-state index is 12.3. The molecule has 0 fully saturated rings. The van der Waals surface area contributed by atoms with Gasteiger partial charge in [-0.15, -0.1) is 0 Å². The van der Waals surface area contributed by atoms with Gasteiger partial charge in [-0.3, -0.25) is 4.90 Å². The highest BCUT2D eigenvalue weighted by atomic mass is 16.6. The molecule has 8 radical (unpaired) electrons. The summed E-state index contributed by atoms with van der Waals surface area (Å²) in [6.45, 7) is 5.01. The molecule has 0 heterocycles. The standard InChI is InChI=1S/C13H15B4NO3/c1-11(2,3)21-10(19)18(9-7-5-4-6-8-9)13(17,20)12(14,15)16/h4-8,20H,1-3H3. The molecule has 1 rings (SSSR count). The maximum absolute atomic E-state index is 12.3. The van der Waals surface area contributed by atoms with Gasteiger partial charge in [0.2, 0.25) is 0 Å². The van der Waals surface area contributed by atoms with E-state index in [0.29, 0.717) is 0 Å². The fourth-order valence-electron chi connectivity index (χ4n) is 1.52. The number of rotatable bonds is 3. The van der Waals surface area contributed by atoms with E-state index in [1.807, 2.05) is 0 Å². The van der Waals surface area contributed by atoms with E-state index in [-0.39, 0.29) is 5.69 Å². The fourth-order valence-corrected chi connectivity index (χ4v) is 1.52. The van der Waals surface area contributed by atoms with E-state index in [0.717, 1.165) is 4.90 Å². The zero-order chi connectivity index (χ0) is 16.5. The molecule has 1 amide bonds. The van der Waals surface area contributed by atoms with Crippen molar-refractivity contribution >= 4 is 43.2 Å². The summed E-state index contributed by atoms with van der Waals surface area (Å²) < 4.78 is 5.22. The van der Waals surface area contributed by atoms with Gasteiger partial charge in [0.1, 0.15) is 13.4 Å². The van der Waals surface area contributed by atoms with E-state index in [1.54, 1.807) is 39.0 Å². The first-order valence-electron chi connectivity index (χ1n) is 6.32. The Morgan fingerprint density at radius 3 is 1.95 bits per heavy atom. The monoisotopic (exact) mass is 277 g/mol. The lowest BCUT2D eigenvalue weighted by Gasteiger charge is -2.47. The van der Waals surface area contributed by atoms with Crippen molar-refractivity contribution in [2.24, 2.45) is 0 Å². The second kappa shape index (κ2) is 5.84. The fraction of sp³-hybridized carbons (Fsp3) is 0.462. The molecule has 0 aromatic heterocycles. The minimum absolute atomic E-state index is 0.238. The number of aliphatic hydroxyl groups is 1. The van der Waals surface area contributed by atoms with Crippen molar-refractivity contribution in [1.82, 2.24) is 0 Å². The summed E-state index contributed by atoms with van der Waals surface area (Å²) in [7, 11) is 22.1. The molecule has 1 unspecified atom stereocenters. The van der Waals surface area contributed by atoms with E-state index in [9.17, 15) is 9.90 Å². The minimum atomic E-state index is -2.56. The van der Waals surface area contributed by atoms with Gasteiger partial charge in [0.15, 0.2) is 0 Å². The third kappa shape index (κ3) is 4.34. The number of nitrogens with zero attached hydrogens (tertiary/aromatic N) is 1. The molecule has 0 aliphatic rings. The van der Waals surface area contributed by atoms with Crippen LogP contribution < -0.4 is 4.90 Å². The van der Waals surface area contributed by atoms with Crippen molar-refractivity contribution in [2.75, 3.05) is 4.90 Å². The van der Waals surface area contributed by atoms with Crippen LogP contribution in [0.25, 0.3) is 0 Å². The number of benzene rings is 1. The van der Waals surface area contributed by atoms with E-state index in [2.05, 4.69) is 0 Å². The zero-order valence-electron chi connectivity index (χ0n) is 12.4. The summed E-state index contributed by atoms with van der Waals surface area (Å²) in [6.07, 6.45) is -0.926. The van der Waals surface area contributed by atoms with Crippen LogP contribution in [0.4, 0.5) is 10.5 Å². The van der Waals surface area contributed by atoms with Crippen LogP contribution in [0.2, 0.25) is 5.11 Å². The van der Waals surface area contributed by atoms with Crippen LogP contribution >= 0.6 is 0 Å². The molecule has 0 saturated heterocycles. The van der Waals surface area contributed by atoms with E-state index >= 15 is 0 Å². The van der Waals surface area contributed by atoms with E-state index in [1.165, 1.54) is 12.1 Å².